The molecule has 0 aliphatic rings. The van der Waals surface area contributed by atoms with E-state index < -0.39 is 0 Å². The zero-order valence-electron chi connectivity index (χ0n) is 9.71. The summed E-state index contributed by atoms with van der Waals surface area (Å²) >= 11 is 0. The molecule has 84 valence electrons. The van der Waals surface area contributed by atoms with Crippen molar-refractivity contribution in [3.8, 4) is 0 Å². The van der Waals surface area contributed by atoms with Gasteiger partial charge in [0.15, 0.2) is 0 Å². The second-order valence-electron chi connectivity index (χ2n) is 3.83. The number of nitrogens with zero attached hydrogens (tertiary/aromatic N) is 1. The summed E-state index contributed by atoms with van der Waals surface area (Å²) in [4.78, 5) is 13.7. The summed E-state index contributed by atoms with van der Waals surface area (Å²) in [6.45, 7) is 10.1. The zero-order valence-corrected chi connectivity index (χ0v) is 9.71. The Hall–Kier alpha value is -0.610. The molecule has 4 heteroatoms. The van der Waals surface area contributed by atoms with Gasteiger partial charge in [-0.2, -0.15) is 0 Å². The Morgan fingerprint density at radius 1 is 1.43 bits per heavy atom. The molecule has 0 aromatic rings. The van der Waals surface area contributed by atoms with Crippen LogP contribution in [0.15, 0.2) is 0 Å². The van der Waals surface area contributed by atoms with Crippen molar-refractivity contribution in [2.24, 2.45) is 11.8 Å². The van der Waals surface area contributed by atoms with E-state index in [1.165, 1.54) is 0 Å². The van der Waals surface area contributed by atoms with Crippen LogP contribution in [0.4, 0.5) is 0 Å². The van der Waals surface area contributed by atoms with E-state index in [1.807, 2.05) is 13.8 Å². The summed E-state index contributed by atoms with van der Waals surface area (Å²) in [7, 11) is 0. The van der Waals surface area contributed by atoms with Crippen LogP contribution in [0.2, 0.25) is 0 Å². The zero-order chi connectivity index (χ0) is 11.1. The van der Waals surface area contributed by atoms with Gasteiger partial charge in [-0.1, -0.05) is 27.7 Å². The van der Waals surface area contributed by atoms with E-state index in [-0.39, 0.29) is 17.9 Å². The summed E-state index contributed by atoms with van der Waals surface area (Å²) < 4.78 is 0. The van der Waals surface area contributed by atoms with Crippen molar-refractivity contribution in [2.45, 2.75) is 40.2 Å². The number of amides is 1. The first-order valence-electron chi connectivity index (χ1n) is 5.32. The number of carbonyl (C=O) groups excluding carboxylic acids is 1. The molecule has 0 radical (unpaired) electrons. The number of hydrogen-bond acceptors (Lipinski definition) is 3. The Labute approximate surface area is 86.8 Å². The highest BCUT2D eigenvalue weighted by molar-refractivity contribution is 5.81. The van der Waals surface area contributed by atoms with Crippen LogP contribution < -0.4 is 11.3 Å². The number of hydrazine groups is 1. The largest absolute Gasteiger partial charge is 0.293 e. The molecule has 0 saturated heterocycles. The minimum Gasteiger partial charge on any atom is -0.293 e. The molecule has 14 heavy (non-hydrogen) atoms. The summed E-state index contributed by atoms with van der Waals surface area (Å²) in [6, 6.07) is -0.107. The third kappa shape index (κ3) is 3.64. The van der Waals surface area contributed by atoms with Crippen molar-refractivity contribution < 1.29 is 4.79 Å². The standard InChI is InChI=1S/C10H23N3O/c1-5-7-13(6-2)9(8(3)4)10(14)12-11/h8-9H,5-7,11H2,1-4H3,(H,12,14). The third-order valence-corrected chi connectivity index (χ3v) is 2.35. The molecule has 0 aromatic heterocycles. The topological polar surface area (TPSA) is 58.4 Å². The predicted octanol–water partition coefficient (Wildman–Crippen LogP) is 0.733. The highest BCUT2D eigenvalue weighted by atomic mass is 16.2. The minimum atomic E-state index is -0.107. The van der Waals surface area contributed by atoms with Crippen LogP contribution in [0.3, 0.4) is 0 Å². The molecule has 0 aromatic carbocycles. The van der Waals surface area contributed by atoms with Gasteiger partial charge in [0.05, 0.1) is 6.04 Å². The predicted molar refractivity (Wildman–Crippen MR) is 58.5 cm³/mol. The number of rotatable bonds is 6. The van der Waals surface area contributed by atoms with Gasteiger partial charge < -0.3 is 0 Å². The lowest BCUT2D eigenvalue weighted by Gasteiger charge is -2.31. The van der Waals surface area contributed by atoms with Crippen LogP contribution in [0, 0.1) is 5.92 Å². The summed E-state index contributed by atoms with van der Waals surface area (Å²) in [5.41, 5.74) is 2.24. The van der Waals surface area contributed by atoms with E-state index in [0.29, 0.717) is 0 Å². The Balaban J connectivity index is 4.51. The highest BCUT2D eigenvalue weighted by Crippen LogP contribution is 2.11. The molecular formula is C10H23N3O. The fourth-order valence-electron chi connectivity index (χ4n) is 1.76. The lowest BCUT2D eigenvalue weighted by Crippen LogP contribution is -2.51. The van der Waals surface area contributed by atoms with Gasteiger partial charge in [-0.3, -0.25) is 15.1 Å². The van der Waals surface area contributed by atoms with Crippen molar-refractivity contribution in [2.75, 3.05) is 13.1 Å². The molecule has 3 N–H and O–H groups in total. The van der Waals surface area contributed by atoms with Crippen LogP contribution in [-0.2, 0) is 4.79 Å². The quantitative estimate of drug-likeness (QED) is 0.378. The molecule has 0 heterocycles. The van der Waals surface area contributed by atoms with Gasteiger partial charge in [0.1, 0.15) is 0 Å². The van der Waals surface area contributed by atoms with Gasteiger partial charge in [-0.25, -0.2) is 5.84 Å². The smallest absolute Gasteiger partial charge is 0.251 e. The van der Waals surface area contributed by atoms with Crippen molar-refractivity contribution in [1.29, 1.82) is 0 Å². The molecule has 4 nitrogen and oxygen atoms in total. The Morgan fingerprint density at radius 2 is 2.00 bits per heavy atom. The monoisotopic (exact) mass is 201 g/mol. The number of nitrogens with one attached hydrogen (secondary N) is 1. The summed E-state index contributed by atoms with van der Waals surface area (Å²) in [5.74, 6) is 5.37. The van der Waals surface area contributed by atoms with Crippen LogP contribution in [0.25, 0.3) is 0 Å². The molecule has 1 atom stereocenters. The van der Waals surface area contributed by atoms with Gasteiger partial charge >= 0.3 is 0 Å². The molecular weight excluding hydrogens is 178 g/mol. The Morgan fingerprint density at radius 3 is 2.29 bits per heavy atom. The SMILES string of the molecule is CCCN(CC)C(C(=O)NN)C(C)C. The molecule has 0 fully saturated rings. The maximum Gasteiger partial charge on any atom is 0.251 e. The first-order chi connectivity index (χ1) is 6.58. The Bertz CT molecular complexity index is 171. The van der Waals surface area contributed by atoms with Gasteiger partial charge in [0, 0.05) is 0 Å². The van der Waals surface area contributed by atoms with Gasteiger partial charge in [-0.15, -0.1) is 0 Å². The third-order valence-electron chi connectivity index (χ3n) is 2.35. The van der Waals surface area contributed by atoms with E-state index >= 15 is 0 Å². The average Bonchev–Trinajstić information content (AvgIpc) is 2.16. The van der Waals surface area contributed by atoms with E-state index in [9.17, 15) is 4.79 Å². The molecule has 0 spiro atoms. The Kier molecular flexibility index (Phi) is 6.49. The first-order valence-corrected chi connectivity index (χ1v) is 5.32. The lowest BCUT2D eigenvalue weighted by atomic mass is 10.0. The molecule has 0 aliphatic carbocycles. The second-order valence-corrected chi connectivity index (χ2v) is 3.83. The van der Waals surface area contributed by atoms with Crippen LogP contribution in [0.1, 0.15) is 34.1 Å². The van der Waals surface area contributed by atoms with Gasteiger partial charge in [0.2, 0.25) is 0 Å². The number of carbonyl (C=O) groups is 1. The van der Waals surface area contributed by atoms with Crippen molar-refractivity contribution >= 4 is 5.91 Å². The van der Waals surface area contributed by atoms with E-state index in [1.54, 1.807) is 0 Å². The van der Waals surface area contributed by atoms with E-state index in [2.05, 4.69) is 24.2 Å². The fraction of sp³-hybridized carbons (Fsp3) is 0.900. The average molecular weight is 201 g/mol. The number of likely N-dealkylation sites (N-methyl/N-ethyl adjacent to an activating group) is 1. The maximum atomic E-state index is 11.6. The highest BCUT2D eigenvalue weighted by Gasteiger charge is 2.26. The van der Waals surface area contributed by atoms with Crippen LogP contribution in [0.5, 0.6) is 0 Å². The molecule has 0 rings (SSSR count). The summed E-state index contributed by atoms with van der Waals surface area (Å²) in [6.07, 6.45) is 1.05. The fourth-order valence-corrected chi connectivity index (χ4v) is 1.76. The second kappa shape index (κ2) is 6.79. The van der Waals surface area contributed by atoms with Crippen molar-refractivity contribution in [1.82, 2.24) is 10.3 Å². The molecule has 1 amide bonds. The van der Waals surface area contributed by atoms with Gasteiger partial charge in [-0.05, 0) is 25.4 Å². The normalized spacial score (nSPS) is 13.4. The number of hydrogen-bond donors (Lipinski definition) is 2. The van der Waals surface area contributed by atoms with Crippen LogP contribution >= 0.6 is 0 Å². The molecule has 0 aliphatic heterocycles. The first kappa shape index (κ1) is 13.4. The summed E-state index contributed by atoms with van der Waals surface area (Å²) in [5, 5.41) is 0. The molecule has 0 saturated carbocycles. The molecule has 1 unspecified atom stereocenters. The maximum absolute atomic E-state index is 11.6. The minimum absolute atomic E-state index is 0.0877. The van der Waals surface area contributed by atoms with E-state index in [4.69, 9.17) is 5.84 Å². The van der Waals surface area contributed by atoms with Gasteiger partial charge in [0.25, 0.3) is 5.91 Å². The van der Waals surface area contributed by atoms with Crippen LogP contribution in [-0.4, -0.2) is 29.9 Å². The molecule has 0 bridgehead atoms. The van der Waals surface area contributed by atoms with Crippen molar-refractivity contribution in [3.05, 3.63) is 0 Å². The lowest BCUT2D eigenvalue weighted by molar-refractivity contribution is -0.128. The van der Waals surface area contributed by atoms with Crippen molar-refractivity contribution in [3.63, 3.8) is 0 Å². The van der Waals surface area contributed by atoms with E-state index in [0.717, 1.165) is 19.5 Å². The number of nitrogens with two attached hydrogens (primary N) is 1.